The minimum absolute atomic E-state index is 0.0480. The number of rotatable bonds is 6. The van der Waals surface area contributed by atoms with E-state index in [0.29, 0.717) is 0 Å². The molecule has 88 valence electrons. The summed E-state index contributed by atoms with van der Waals surface area (Å²) in [6.45, 7) is 1.18. The van der Waals surface area contributed by atoms with Gasteiger partial charge in [0, 0.05) is 11.8 Å². The second-order valence-corrected chi connectivity index (χ2v) is 3.96. The number of thioether (sulfide) groups is 1. The van der Waals surface area contributed by atoms with Crippen molar-refractivity contribution in [2.75, 3.05) is 18.6 Å². The van der Waals surface area contributed by atoms with E-state index in [9.17, 15) is 9.59 Å². The van der Waals surface area contributed by atoms with Gasteiger partial charge >= 0.3 is 12.0 Å². The summed E-state index contributed by atoms with van der Waals surface area (Å²) >= 11 is 1.57. The van der Waals surface area contributed by atoms with Crippen LogP contribution in [0.3, 0.4) is 0 Å². The third-order valence-corrected chi connectivity index (χ3v) is 2.41. The third kappa shape index (κ3) is 6.19. The van der Waals surface area contributed by atoms with Gasteiger partial charge in [0.25, 0.3) is 0 Å². The van der Waals surface area contributed by atoms with Gasteiger partial charge in [-0.3, -0.25) is 0 Å². The number of aliphatic carboxylic acids is 1. The molecule has 0 aromatic carbocycles. The summed E-state index contributed by atoms with van der Waals surface area (Å²) in [4.78, 5) is 21.7. The average Bonchev–Trinajstić information content (AvgIpc) is 2.13. The summed E-state index contributed by atoms with van der Waals surface area (Å²) in [5.74, 6) is -0.519. The number of aliphatic hydroxyl groups is 1. The first-order valence-electron chi connectivity index (χ1n) is 4.40. The molecule has 0 heterocycles. The second-order valence-electron chi connectivity index (χ2n) is 3.05. The molecule has 6 nitrogen and oxygen atoms in total. The molecule has 0 saturated carbocycles. The number of nitrogens with one attached hydrogen (secondary N) is 2. The molecule has 2 amide bonds. The zero-order chi connectivity index (χ0) is 11.8. The Bertz CT molecular complexity index is 225. The molecule has 2 atom stereocenters. The maximum absolute atomic E-state index is 11.2. The first-order valence-corrected chi connectivity index (χ1v) is 5.80. The highest BCUT2D eigenvalue weighted by Crippen LogP contribution is 1.95. The lowest BCUT2D eigenvalue weighted by molar-refractivity contribution is -0.140. The van der Waals surface area contributed by atoms with Crippen LogP contribution in [0.15, 0.2) is 0 Å². The van der Waals surface area contributed by atoms with Gasteiger partial charge in [-0.15, -0.1) is 0 Å². The molecule has 15 heavy (non-hydrogen) atoms. The summed E-state index contributed by atoms with van der Waals surface area (Å²) in [6.07, 6.45) is 1.91. The molecule has 0 rings (SSSR count). The van der Waals surface area contributed by atoms with Crippen molar-refractivity contribution in [1.82, 2.24) is 10.6 Å². The highest BCUT2D eigenvalue weighted by atomic mass is 32.2. The molecular weight excluding hydrogens is 220 g/mol. The number of hydrogen-bond donors (Lipinski definition) is 4. The van der Waals surface area contributed by atoms with E-state index in [-0.39, 0.29) is 6.04 Å². The van der Waals surface area contributed by atoms with Crippen molar-refractivity contribution in [3.8, 4) is 0 Å². The summed E-state index contributed by atoms with van der Waals surface area (Å²) in [5, 5.41) is 21.9. The molecule has 0 radical (unpaired) electrons. The van der Waals surface area contributed by atoms with Gasteiger partial charge in [0.2, 0.25) is 0 Å². The van der Waals surface area contributed by atoms with Crippen LogP contribution in [0.2, 0.25) is 0 Å². The molecule has 0 aliphatic rings. The van der Waals surface area contributed by atoms with Crippen LogP contribution in [0.25, 0.3) is 0 Å². The predicted octanol–water partition coefficient (Wildman–Crippen LogP) is -0.517. The maximum Gasteiger partial charge on any atom is 0.328 e. The smallest absolute Gasteiger partial charge is 0.328 e. The third-order valence-electron chi connectivity index (χ3n) is 1.58. The fourth-order valence-corrected chi connectivity index (χ4v) is 1.48. The molecule has 4 N–H and O–H groups in total. The van der Waals surface area contributed by atoms with Crippen LogP contribution in [0.5, 0.6) is 0 Å². The van der Waals surface area contributed by atoms with E-state index in [4.69, 9.17) is 10.2 Å². The Morgan fingerprint density at radius 1 is 1.40 bits per heavy atom. The van der Waals surface area contributed by atoms with Crippen molar-refractivity contribution in [1.29, 1.82) is 0 Å². The second kappa shape index (κ2) is 7.36. The Hall–Kier alpha value is -0.950. The van der Waals surface area contributed by atoms with E-state index in [2.05, 4.69) is 10.6 Å². The molecule has 0 saturated heterocycles. The van der Waals surface area contributed by atoms with Crippen molar-refractivity contribution in [2.45, 2.75) is 19.0 Å². The van der Waals surface area contributed by atoms with Gasteiger partial charge in [0.05, 0.1) is 6.61 Å². The van der Waals surface area contributed by atoms with Crippen molar-refractivity contribution in [3.63, 3.8) is 0 Å². The van der Waals surface area contributed by atoms with Crippen molar-refractivity contribution in [2.24, 2.45) is 0 Å². The van der Waals surface area contributed by atoms with E-state index in [1.54, 1.807) is 11.8 Å². The lowest BCUT2D eigenvalue weighted by Crippen LogP contribution is -2.50. The van der Waals surface area contributed by atoms with Gasteiger partial charge in [0.1, 0.15) is 0 Å². The SMILES string of the molecule is CSCC(C)NC(=O)N[C@H](CO)C(=O)O. The lowest BCUT2D eigenvalue weighted by Gasteiger charge is -2.16. The molecule has 0 aromatic rings. The maximum atomic E-state index is 11.2. The highest BCUT2D eigenvalue weighted by molar-refractivity contribution is 7.98. The number of aliphatic hydroxyl groups excluding tert-OH is 1. The zero-order valence-electron chi connectivity index (χ0n) is 8.69. The van der Waals surface area contributed by atoms with Crippen LogP contribution in [0.4, 0.5) is 4.79 Å². The summed E-state index contributed by atoms with van der Waals surface area (Å²) in [5.41, 5.74) is 0. The van der Waals surface area contributed by atoms with Crippen LogP contribution in [0, 0.1) is 0 Å². The van der Waals surface area contributed by atoms with E-state index >= 15 is 0 Å². The predicted molar refractivity (Wildman–Crippen MR) is 58.0 cm³/mol. The van der Waals surface area contributed by atoms with E-state index < -0.39 is 24.6 Å². The largest absolute Gasteiger partial charge is 0.480 e. The van der Waals surface area contributed by atoms with E-state index in [1.165, 1.54) is 0 Å². The monoisotopic (exact) mass is 236 g/mol. The Morgan fingerprint density at radius 2 is 2.00 bits per heavy atom. The van der Waals surface area contributed by atoms with Gasteiger partial charge in [-0.1, -0.05) is 0 Å². The van der Waals surface area contributed by atoms with Gasteiger partial charge in [-0.05, 0) is 13.2 Å². The van der Waals surface area contributed by atoms with Crippen LogP contribution < -0.4 is 10.6 Å². The number of carboxylic acids is 1. The topological polar surface area (TPSA) is 98.7 Å². The molecular formula is C8H16N2O4S. The Morgan fingerprint density at radius 3 is 2.40 bits per heavy atom. The summed E-state index contributed by atoms with van der Waals surface area (Å²) < 4.78 is 0. The zero-order valence-corrected chi connectivity index (χ0v) is 9.50. The minimum Gasteiger partial charge on any atom is -0.480 e. The van der Waals surface area contributed by atoms with E-state index in [0.717, 1.165) is 5.75 Å². The number of carbonyl (C=O) groups is 2. The molecule has 0 aromatic heterocycles. The van der Waals surface area contributed by atoms with Crippen LogP contribution >= 0.6 is 11.8 Å². The van der Waals surface area contributed by atoms with Crippen LogP contribution in [-0.2, 0) is 4.79 Å². The fourth-order valence-electron chi connectivity index (χ4n) is 0.901. The number of hydrogen-bond acceptors (Lipinski definition) is 4. The van der Waals surface area contributed by atoms with Gasteiger partial charge in [-0.2, -0.15) is 11.8 Å². The molecule has 7 heteroatoms. The average molecular weight is 236 g/mol. The van der Waals surface area contributed by atoms with Crippen molar-refractivity contribution < 1.29 is 19.8 Å². The standard InChI is InChI=1S/C8H16N2O4S/c1-5(4-15-2)9-8(14)10-6(3-11)7(12)13/h5-6,11H,3-4H2,1-2H3,(H,12,13)(H2,9,10,14)/t5?,6-/m1/s1. The molecule has 0 aliphatic heterocycles. The highest BCUT2D eigenvalue weighted by Gasteiger charge is 2.19. The van der Waals surface area contributed by atoms with E-state index in [1.807, 2.05) is 13.2 Å². The number of amides is 2. The number of urea groups is 1. The Balaban J connectivity index is 3.96. The van der Waals surface area contributed by atoms with Gasteiger partial charge in [-0.25, -0.2) is 9.59 Å². The summed E-state index contributed by atoms with van der Waals surface area (Å²) in [6, 6.07) is -1.89. The van der Waals surface area contributed by atoms with Crippen LogP contribution in [0.1, 0.15) is 6.92 Å². The Labute approximate surface area is 92.4 Å². The molecule has 0 fully saturated rings. The minimum atomic E-state index is -1.26. The van der Waals surface area contributed by atoms with Crippen LogP contribution in [-0.4, -0.2) is 52.9 Å². The molecule has 0 bridgehead atoms. The molecule has 0 spiro atoms. The summed E-state index contributed by atoms with van der Waals surface area (Å²) in [7, 11) is 0. The number of carboxylic acid groups (broad SMARTS) is 1. The van der Waals surface area contributed by atoms with Gasteiger partial charge in [0.15, 0.2) is 6.04 Å². The van der Waals surface area contributed by atoms with Gasteiger partial charge < -0.3 is 20.8 Å². The molecule has 1 unspecified atom stereocenters. The normalized spacial score (nSPS) is 14.1. The van der Waals surface area contributed by atoms with Crippen molar-refractivity contribution >= 4 is 23.8 Å². The first-order chi connectivity index (χ1) is 7.01. The Kier molecular flexibility index (Phi) is 6.89. The fraction of sp³-hybridized carbons (Fsp3) is 0.750. The number of carbonyl (C=O) groups excluding carboxylic acids is 1. The quantitative estimate of drug-likeness (QED) is 0.497. The lowest BCUT2D eigenvalue weighted by atomic mass is 10.3. The first kappa shape index (κ1) is 14.1. The molecule has 0 aliphatic carbocycles. The van der Waals surface area contributed by atoms with Crippen molar-refractivity contribution in [3.05, 3.63) is 0 Å².